The third kappa shape index (κ3) is 4.17. The van der Waals surface area contributed by atoms with E-state index in [-0.39, 0.29) is 23.4 Å². The van der Waals surface area contributed by atoms with E-state index in [0.717, 1.165) is 23.0 Å². The summed E-state index contributed by atoms with van der Waals surface area (Å²) in [5.41, 5.74) is -0.182. The molecule has 0 aliphatic heterocycles. The van der Waals surface area contributed by atoms with Crippen molar-refractivity contribution in [3.8, 4) is 11.3 Å². The van der Waals surface area contributed by atoms with Gasteiger partial charge < -0.3 is 4.90 Å². The van der Waals surface area contributed by atoms with Gasteiger partial charge in [0.1, 0.15) is 11.3 Å². The zero-order chi connectivity index (χ0) is 25.6. The molecule has 5 aromatic rings. The number of alkyl halides is 3. The smallest absolute Gasteiger partial charge is 0.336 e. The predicted octanol–water partition coefficient (Wildman–Crippen LogP) is 5.71. The summed E-state index contributed by atoms with van der Waals surface area (Å²) in [6, 6.07) is 13.6. The van der Waals surface area contributed by atoms with E-state index in [0.29, 0.717) is 27.3 Å². The molecule has 0 saturated heterocycles. The molecule has 3 heterocycles. The first-order valence-corrected chi connectivity index (χ1v) is 11.5. The quantitative estimate of drug-likeness (QED) is 0.302. The Balaban J connectivity index is 1.63. The second-order valence-corrected chi connectivity index (χ2v) is 8.69. The number of carbonyl (C=O) groups excluding carboxylic acids is 1. The number of aryl methyl sites for hydroxylation is 1. The van der Waals surface area contributed by atoms with Gasteiger partial charge in [0.05, 0.1) is 23.5 Å². The van der Waals surface area contributed by atoms with Gasteiger partial charge >= 0.3 is 6.18 Å². The molecule has 0 saturated carbocycles. The minimum Gasteiger partial charge on any atom is -0.336 e. The largest absolute Gasteiger partial charge is 0.433 e. The Morgan fingerprint density at radius 3 is 2.61 bits per heavy atom. The molecular formula is C25H20ClF3N6O. The van der Waals surface area contributed by atoms with E-state index < -0.39 is 17.8 Å². The minimum atomic E-state index is -4.72. The van der Waals surface area contributed by atoms with Crippen LogP contribution in [0.25, 0.3) is 27.7 Å². The SMILES string of the molecule is CCn1cc(Cl)c(CN(C)C(=O)c2cnn3c(C(F)(F)F)cc(-c4cccc5ccccc45)nc23)n1. The van der Waals surface area contributed by atoms with Gasteiger partial charge in [-0.05, 0) is 23.8 Å². The number of hydrogen-bond donors (Lipinski definition) is 0. The van der Waals surface area contributed by atoms with Crippen molar-refractivity contribution in [2.24, 2.45) is 0 Å². The van der Waals surface area contributed by atoms with Gasteiger partial charge in [0, 0.05) is 25.4 Å². The molecule has 3 aromatic heterocycles. The highest BCUT2D eigenvalue weighted by Crippen LogP contribution is 2.35. The summed E-state index contributed by atoms with van der Waals surface area (Å²) in [5.74, 6) is -0.553. The number of hydrogen-bond acceptors (Lipinski definition) is 4. The molecule has 0 fully saturated rings. The van der Waals surface area contributed by atoms with Crippen molar-refractivity contribution in [2.45, 2.75) is 26.2 Å². The lowest BCUT2D eigenvalue weighted by molar-refractivity contribution is -0.142. The van der Waals surface area contributed by atoms with E-state index in [9.17, 15) is 18.0 Å². The lowest BCUT2D eigenvalue weighted by Crippen LogP contribution is -2.27. The number of aromatic nitrogens is 5. The zero-order valence-electron chi connectivity index (χ0n) is 19.3. The summed E-state index contributed by atoms with van der Waals surface area (Å²) in [4.78, 5) is 19.1. The molecule has 11 heteroatoms. The van der Waals surface area contributed by atoms with Crippen LogP contribution in [0, 0.1) is 0 Å². The van der Waals surface area contributed by atoms with Gasteiger partial charge in [0.2, 0.25) is 0 Å². The van der Waals surface area contributed by atoms with Gasteiger partial charge in [-0.1, -0.05) is 54.1 Å². The van der Waals surface area contributed by atoms with E-state index in [2.05, 4.69) is 15.2 Å². The average Bonchev–Trinajstić information content (AvgIpc) is 3.44. The van der Waals surface area contributed by atoms with Crippen LogP contribution in [-0.4, -0.2) is 42.2 Å². The molecule has 2 aromatic carbocycles. The maximum absolute atomic E-state index is 14.1. The molecule has 5 rings (SSSR count). The van der Waals surface area contributed by atoms with Crippen molar-refractivity contribution in [3.63, 3.8) is 0 Å². The first kappa shape index (κ1) is 23.8. The number of rotatable bonds is 5. The molecule has 1 amide bonds. The van der Waals surface area contributed by atoms with Crippen LogP contribution in [0.2, 0.25) is 5.02 Å². The molecule has 184 valence electrons. The van der Waals surface area contributed by atoms with Gasteiger partial charge in [-0.15, -0.1) is 0 Å². The van der Waals surface area contributed by atoms with E-state index in [1.807, 2.05) is 37.3 Å². The highest BCUT2D eigenvalue weighted by atomic mass is 35.5. The van der Waals surface area contributed by atoms with E-state index in [4.69, 9.17) is 11.6 Å². The van der Waals surface area contributed by atoms with Crippen molar-refractivity contribution < 1.29 is 18.0 Å². The Hall–Kier alpha value is -3.92. The molecule has 0 aliphatic rings. The highest BCUT2D eigenvalue weighted by Gasteiger charge is 2.36. The number of benzene rings is 2. The summed E-state index contributed by atoms with van der Waals surface area (Å²) < 4.78 is 44.5. The summed E-state index contributed by atoms with van der Waals surface area (Å²) in [6.07, 6.45) is -1.97. The number of carbonyl (C=O) groups is 1. The fraction of sp³-hybridized carbons (Fsp3) is 0.200. The van der Waals surface area contributed by atoms with Crippen LogP contribution in [-0.2, 0) is 19.3 Å². The maximum atomic E-state index is 14.1. The molecular weight excluding hydrogens is 493 g/mol. The lowest BCUT2D eigenvalue weighted by atomic mass is 10.0. The van der Waals surface area contributed by atoms with Crippen LogP contribution in [0.15, 0.2) is 60.9 Å². The first-order chi connectivity index (χ1) is 17.2. The van der Waals surface area contributed by atoms with Crippen LogP contribution in [0.4, 0.5) is 13.2 Å². The van der Waals surface area contributed by atoms with Crippen LogP contribution in [0.1, 0.15) is 28.7 Å². The molecule has 0 atom stereocenters. The Kier molecular flexibility index (Phi) is 5.91. The standard InChI is InChI=1S/C25H20ClF3N6O/c1-3-34-13-19(26)21(32-34)14-33(2)24(36)18-12-30-35-22(25(27,28)29)11-20(31-23(18)35)17-10-6-8-15-7-4-5-9-16(15)17/h4-13H,3,14H2,1-2H3. The summed E-state index contributed by atoms with van der Waals surface area (Å²) in [7, 11) is 1.52. The zero-order valence-corrected chi connectivity index (χ0v) is 20.0. The third-order valence-corrected chi connectivity index (χ3v) is 6.22. The number of amides is 1. The van der Waals surface area contributed by atoms with Crippen molar-refractivity contribution >= 4 is 33.9 Å². The molecule has 0 spiro atoms. The molecule has 7 nitrogen and oxygen atoms in total. The summed E-state index contributed by atoms with van der Waals surface area (Å²) in [6.45, 7) is 2.57. The van der Waals surface area contributed by atoms with Crippen LogP contribution in [0.5, 0.6) is 0 Å². The van der Waals surface area contributed by atoms with Crippen LogP contribution >= 0.6 is 11.6 Å². The third-order valence-electron chi connectivity index (χ3n) is 5.90. The summed E-state index contributed by atoms with van der Waals surface area (Å²) >= 11 is 6.22. The number of halogens is 4. The van der Waals surface area contributed by atoms with E-state index in [1.54, 1.807) is 23.0 Å². The fourth-order valence-electron chi connectivity index (χ4n) is 4.11. The van der Waals surface area contributed by atoms with Crippen molar-refractivity contribution in [2.75, 3.05) is 7.05 Å². The number of fused-ring (bicyclic) bond motifs is 2. The molecule has 0 radical (unpaired) electrons. The predicted molar refractivity (Wildman–Crippen MR) is 130 cm³/mol. The van der Waals surface area contributed by atoms with Gasteiger partial charge in [0.15, 0.2) is 11.3 Å². The Morgan fingerprint density at radius 1 is 1.14 bits per heavy atom. The highest BCUT2D eigenvalue weighted by molar-refractivity contribution is 6.31. The Morgan fingerprint density at radius 2 is 1.89 bits per heavy atom. The van der Waals surface area contributed by atoms with Gasteiger partial charge in [-0.2, -0.15) is 23.4 Å². The van der Waals surface area contributed by atoms with Crippen molar-refractivity contribution in [3.05, 3.63) is 82.9 Å². The van der Waals surface area contributed by atoms with Crippen molar-refractivity contribution in [1.29, 1.82) is 0 Å². The fourth-order valence-corrected chi connectivity index (χ4v) is 4.32. The van der Waals surface area contributed by atoms with Gasteiger partial charge in [0.25, 0.3) is 5.91 Å². The second kappa shape index (κ2) is 8.94. The van der Waals surface area contributed by atoms with Crippen LogP contribution in [0.3, 0.4) is 0 Å². The van der Waals surface area contributed by atoms with Crippen LogP contribution < -0.4 is 0 Å². The molecule has 0 unspecified atom stereocenters. The summed E-state index contributed by atoms with van der Waals surface area (Å²) in [5, 5.41) is 10.2. The normalized spacial score (nSPS) is 11.9. The monoisotopic (exact) mass is 512 g/mol. The minimum absolute atomic E-state index is 0.0591. The van der Waals surface area contributed by atoms with E-state index >= 15 is 0 Å². The lowest BCUT2D eigenvalue weighted by Gasteiger charge is -2.16. The maximum Gasteiger partial charge on any atom is 0.433 e. The second-order valence-electron chi connectivity index (χ2n) is 8.29. The molecule has 0 N–H and O–H groups in total. The molecule has 0 bridgehead atoms. The van der Waals surface area contributed by atoms with E-state index in [1.165, 1.54) is 11.9 Å². The van der Waals surface area contributed by atoms with Crippen molar-refractivity contribution in [1.82, 2.24) is 29.3 Å². The number of nitrogens with zero attached hydrogens (tertiary/aromatic N) is 6. The molecule has 0 aliphatic carbocycles. The topological polar surface area (TPSA) is 68.3 Å². The Bertz CT molecular complexity index is 1600. The molecule has 36 heavy (non-hydrogen) atoms. The Labute approximate surface area is 208 Å². The average molecular weight is 513 g/mol. The van der Waals surface area contributed by atoms with Gasteiger partial charge in [-0.3, -0.25) is 9.48 Å². The first-order valence-electron chi connectivity index (χ1n) is 11.1. The van der Waals surface area contributed by atoms with Gasteiger partial charge in [-0.25, -0.2) is 9.50 Å².